The summed E-state index contributed by atoms with van der Waals surface area (Å²) in [4.78, 5) is 2.23. The van der Waals surface area contributed by atoms with Gasteiger partial charge in [0.05, 0.1) is 0 Å². The summed E-state index contributed by atoms with van der Waals surface area (Å²) in [6, 6.07) is 2.53. The lowest BCUT2D eigenvalue weighted by atomic mass is 10.1. The van der Waals surface area contributed by atoms with Gasteiger partial charge in [-0.3, -0.25) is 0 Å². The Hall–Kier alpha value is -1.67. The van der Waals surface area contributed by atoms with E-state index in [9.17, 15) is 0 Å². The van der Waals surface area contributed by atoms with Crippen LogP contribution < -0.4 is 10.2 Å². The molecule has 5 nitrogen and oxygen atoms in total. The molecule has 2 rings (SSSR count). The summed E-state index contributed by atoms with van der Waals surface area (Å²) in [6.45, 7) is 8.92. The van der Waals surface area contributed by atoms with Crippen molar-refractivity contribution < 1.29 is 0 Å². The standard InChI is InChI=1S/C12H17N5/c1-8-7-17(5-4-14-8)12-10(3)9(2)11(6-13)15-16-12/h8,14H,4-5,7H2,1-3H3/t8-/m0/s1. The van der Waals surface area contributed by atoms with Crippen molar-refractivity contribution in [2.24, 2.45) is 0 Å². The van der Waals surface area contributed by atoms with Gasteiger partial charge in [0.2, 0.25) is 0 Å². The van der Waals surface area contributed by atoms with Crippen molar-refractivity contribution >= 4 is 5.82 Å². The van der Waals surface area contributed by atoms with Crippen LogP contribution in [-0.2, 0) is 0 Å². The van der Waals surface area contributed by atoms with Gasteiger partial charge < -0.3 is 10.2 Å². The number of piperazine rings is 1. The molecule has 0 radical (unpaired) electrons. The smallest absolute Gasteiger partial charge is 0.166 e. The molecule has 0 aliphatic carbocycles. The molecule has 1 saturated heterocycles. The second-order valence-corrected chi connectivity index (χ2v) is 4.54. The fraction of sp³-hybridized carbons (Fsp3) is 0.583. The Balaban J connectivity index is 2.33. The van der Waals surface area contributed by atoms with E-state index in [4.69, 9.17) is 5.26 Å². The number of anilines is 1. The summed E-state index contributed by atoms with van der Waals surface area (Å²) in [5.41, 5.74) is 2.42. The zero-order valence-electron chi connectivity index (χ0n) is 10.5. The number of rotatable bonds is 1. The molecular formula is C12H17N5. The first-order chi connectivity index (χ1) is 8.13. The Labute approximate surface area is 101 Å². The van der Waals surface area contributed by atoms with Crippen molar-refractivity contribution in [1.29, 1.82) is 5.26 Å². The van der Waals surface area contributed by atoms with E-state index in [1.165, 1.54) is 0 Å². The Morgan fingerprint density at radius 3 is 2.76 bits per heavy atom. The van der Waals surface area contributed by atoms with Crippen LogP contribution in [0.3, 0.4) is 0 Å². The lowest BCUT2D eigenvalue weighted by Crippen LogP contribution is -2.49. The molecule has 1 N–H and O–H groups in total. The number of hydrogen-bond donors (Lipinski definition) is 1. The van der Waals surface area contributed by atoms with Crippen molar-refractivity contribution in [2.75, 3.05) is 24.5 Å². The Morgan fingerprint density at radius 2 is 2.12 bits per heavy atom. The Morgan fingerprint density at radius 1 is 1.35 bits per heavy atom. The van der Waals surface area contributed by atoms with E-state index in [1.807, 2.05) is 13.8 Å². The molecule has 17 heavy (non-hydrogen) atoms. The van der Waals surface area contributed by atoms with Crippen molar-refractivity contribution in [2.45, 2.75) is 26.8 Å². The van der Waals surface area contributed by atoms with E-state index >= 15 is 0 Å². The van der Waals surface area contributed by atoms with E-state index in [2.05, 4.69) is 33.4 Å². The molecule has 0 aromatic carbocycles. The quantitative estimate of drug-likeness (QED) is 0.773. The molecule has 1 aromatic heterocycles. The first-order valence-electron chi connectivity index (χ1n) is 5.85. The van der Waals surface area contributed by atoms with E-state index in [1.54, 1.807) is 0 Å². The highest BCUT2D eigenvalue weighted by Gasteiger charge is 2.20. The van der Waals surface area contributed by atoms with Gasteiger partial charge in [-0.05, 0) is 31.9 Å². The third kappa shape index (κ3) is 2.22. The molecular weight excluding hydrogens is 214 g/mol. The fourth-order valence-electron chi connectivity index (χ4n) is 2.12. The van der Waals surface area contributed by atoms with Gasteiger partial charge in [-0.2, -0.15) is 5.26 Å². The third-order valence-corrected chi connectivity index (χ3v) is 3.27. The van der Waals surface area contributed by atoms with Gasteiger partial charge in [-0.15, -0.1) is 10.2 Å². The summed E-state index contributed by atoms with van der Waals surface area (Å²) >= 11 is 0. The normalized spacial score (nSPS) is 20.1. The predicted molar refractivity (Wildman–Crippen MR) is 65.9 cm³/mol. The van der Waals surface area contributed by atoms with Gasteiger partial charge in [0.15, 0.2) is 11.5 Å². The highest BCUT2D eigenvalue weighted by atomic mass is 15.3. The molecule has 0 unspecified atom stereocenters. The number of hydrogen-bond acceptors (Lipinski definition) is 5. The number of aromatic nitrogens is 2. The lowest BCUT2D eigenvalue weighted by molar-refractivity contribution is 0.480. The average molecular weight is 231 g/mol. The number of nitrogens with one attached hydrogen (secondary N) is 1. The van der Waals surface area contributed by atoms with Crippen LogP contribution in [-0.4, -0.2) is 35.9 Å². The highest BCUT2D eigenvalue weighted by molar-refractivity contribution is 5.52. The van der Waals surface area contributed by atoms with E-state index in [0.29, 0.717) is 11.7 Å². The summed E-state index contributed by atoms with van der Waals surface area (Å²) in [6.07, 6.45) is 0. The van der Waals surface area contributed by atoms with E-state index < -0.39 is 0 Å². The summed E-state index contributed by atoms with van der Waals surface area (Å²) in [7, 11) is 0. The molecule has 5 heteroatoms. The fourth-order valence-corrected chi connectivity index (χ4v) is 2.12. The maximum atomic E-state index is 8.91. The molecule has 2 heterocycles. The first kappa shape index (κ1) is 11.8. The van der Waals surface area contributed by atoms with Crippen molar-refractivity contribution in [1.82, 2.24) is 15.5 Å². The minimum atomic E-state index is 0.425. The maximum Gasteiger partial charge on any atom is 0.166 e. The number of nitriles is 1. The van der Waals surface area contributed by atoms with Crippen LogP contribution in [0.4, 0.5) is 5.82 Å². The van der Waals surface area contributed by atoms with E-state index in [-0.39, 0.29) is 0 Å². The second-order valence-electron chi connectivity index (χ2n) is 4.54. The van der Waals surface area contributed by atoms with Crippen molar-refractivity contribution in [3.05, 3.63) is 16.8 Å². The van der Waals surface area contributed by atoms with Crippen molar-refractivity contribution in [3.63, 3.8) is 0 Å². The molecule has 0 bridgehead atoms. The third-order valence-electron chi connectivity index (χ3n) is 3.27. The molecule has 1 aliphatic heterocycles. The molecule has 90 valence electrons. The predicted octanol–water partition coefficient (Wildman–Crippen LogP) is 0.763. The highest BCUT2D eigenvalue weighted by Crippen LogP contribution is 2.21. The average Bonchev–Trinajstić information content (AvgIpc) is 2.32. The monoisotopic (exact) mass is 231 g/mol. The zero-order chi connectivity index (χ0) is 12.4. The first-order valence-corrected chi connectivity index (χ1v) is 5.85. The lowest BCUT2D eigenvalue weighted by Gasteiger charge is -2.33. The SMILES string of the molecule is Cc1c(C#N)nnc(N2CCN[C@@H](C)C2)c1C. The minimum Gasteiger partial charge on any atom is -0.352 e. The van der Waals surface area contributed by atoms with Crippen LogP contribution in [0, 0.1) is 25.2 Å². The minimum absolute atomic E-state index is 0.425. The van der Waals surface area contributed by atoms with Crippen molar-refractivity contribution in [3.8, 4) is 6.07 Å². The van der Waals surface area contributed by atoms with Crippen LogP contribution in [0.15, 0.2) is 0 Å². The van der Waals surface area contributed by atoms with Crippen LogP contribution in [0.25, 0.3) is 0 Å². The van der Waals surface area contributed by atoms with Crippen LogP contribution in [0.2, 0.25) is 0 Å². The maximum absolute atomic E-state index is 8.91. The van der Waals surface area contributed by atoms with Gasteiger partial charge in [0.25, 0.3) is 0 Å². The van der Waals surface area contributed by atoms with Crippen LogP contribution in [0.5, 0.6) is 0 Å². The summed E-state index contributed by atoms with van der Waals surface area (Å²) in [5.74, 6) is 0.912. The molecule has 0 spiro atoms. The second kappa shape index (κ2) is 4.68. The van der Waals surface area contributed by atoms with Gasteiger partial charge in [0.1, 0.15) is 6.07 Å². The molecule has 0 saturated carbocycles. The zero-order valence-corrected chi connectivity index (χ0v) is 10.5. The topological polar surface area (TPSA) is 64.8 Å². The molecule has 1 aliphatic rings. The van der Waals surface area contributed by atoms with Crippen LogP contribution >= 0.6 is 0 Å². The van der Waals surface area contributed by atoms with Gasteiger partial charge in [-0.25, -0.2) is 0 Å². The van der Waals surface area contributed by atoms with Gasteiger partial charge >= 0.3 is 0 Å². The van der Waals surface area contributed by atoms with E-state index in [0.717, 1.165) is 36.6 Å². The Bertz CT molecular complexity index is 463. The molecule has 1 atom stereocenters. The molecule has 1 aromatic rings. The number of nitrogens with zero attached hydrogens (tertiary/aromatic N) is 4. The van der Waals surface area contributed by atoms with Crippen LogP contribution in [0.1, 0.15) is 23.7 Å². The largest absolute Gasteiger partial charge is 0.352 e. The van der Waals surface area contributed by atoms with Gasteiger partial charge in [0, 0.05) is 25.7 Å². The van der Waals surface area contributed by atoms with Gasteiger partial charge in [-0.1, -0.05) is 0 Å². The molecule has 0 amide bonds. The summed E-state index contributed by atoms with van der Waals surface area (Å²) < 4.78 is 0. The Kier molecular flexibility index (Phi) is 3.25. The molecule has 1 fully saturated rings. The summed E-state index contributed by atoms with van der Waals surface area (Å²) in [5, 5.41) is 20.5.